The molecule has 0 aromatic carbocycles. The molecule has 1 aromatic heterocycles. The first-order valence-electron chi connectivity index (χ1n) is 3.72. The van der Waals surface area contributed by atoms with Crippen LogP contribution in [0.15, 0.2) is 23.6 Å². The van der Waals surface area contributed by atoms with E-state index in [1.54, 1.807) is 11.3 Å². The fourth-order valence-electron chi connectivity index (χ4n) is 1.11. The Morgan fingerprint density at radius 1 is 1.75 bits per heavy atom. The Kier molecular flexibility index (Phi) is 3.74. The molecule has 1 atom stereocenters. The van der Waals surface area contributed by atoms with E-state index in [2.05, 4.69) is 52.9 Å². The topological polar surface area (TPSA) is 12.0 Å². The van der Waals surface area contributed by atoms with E-state index in [0.29, 0.717) is 6.04 Å². The standard InChI is InChI=1S/C9H12INS/c1-6(2)8(11-3)9-7(10)4-5-12-9/h4-5,8,11H,1H2,2-3H3. The van der Waals surface area contributed by atoms with Gasteiger partial charge in [0.25, 0.3) is 0 Å². The van der Waals surface area contributed by atoms with Crippen molar-refractivity contribution in [1.29, 1.82) is 0 Å². The monoisotopic (exact) mass is 293 g/mol. The summed E-state index contributed by atoms with van der Waals surface area (Å²) in [5.41, 5.74) is 1.16. The molecule has 0 saturated heterocycles. The van der Waals surface area contributed by atoms with Crippen LogP contribution in [-0.2, 0) is 0 Å². The Morgan fingerprint density at radius 3 is 2.75 bits per heavy atom. The van der Waals surface area contributed by atoms with Gasteiger partial charge in [-0.15, -0.1) is 11.3 Å². The minimum absolute atomic E-state index is 0.317. The summed E-state index contributed by atoms with van der Waals surface area (Å²) in [7, 11) is 1.97. The van der Waals surface area contributed by atoms with Crippen LogP contribution in [0.5, 0.6) is 0 Å². The van der Waals surface area contributed by atoms with Crippen molar-refractivity contribution in [3.63, 3.8) is 0 Å². The minimum atomic E-state index is 0.317. The molecular weight excluding hydrogens is 281 g/mol. The number of nitrogens with one attached hydrogen (secondary N) is 1. The van der Waals surface area contributed by atoms with E-state index < -0.39 is 0 Å². The van der Waals surface area contributed by atoms with E-state index in [1.165, 1.54) is 8.45 Å². The summed E-state index contributed by atoms with van der Waals surface area (Å²) in [6.45, 7) is 6.02. The maximum absolute atomic E-state index is 3.96. The van der Waals surface area contributed by atoms with Gasteiger partial charge < -0.3 is 5.32 Å². The third-order valence-corrected chi connectivity index (χ3v) is 3.98. The smallest absolute Gasteiger partial charge is 0.0633 e. The lowest BCUT2D eigenvalue weighted by Gasteiger charge is -2.14. The Hall–Kier alpha value is 0.130. The first-order chi connectivity index (χ1) is 5.66. The number of hydrogen-bond acceptors (Lipinski definition) is 2. The summed E-state index contributed by atoms with van der Waals surface area (Å²) in [5, 5.41) is 5.37. The van der Waals surface area contributed by atoms with Crippen LogP contribution in [0.3, 0.4) is 0 Å². The molecule has 0 radical (unpaired) electrons. The largest absolute Gasteiger partial charge is 0.309 e. The summed E-state index contributed by atoms with van der Waals surface area (Å²) in [6.07, 6.45) is 0. The van der Waals surface area contributed by atoms with E-state index in [-0.39, 0.29) is 0 Å². The lowest BCUT2D eigenvalue weighted by molar-refractivity contribution is 0.689. The summed E-state index contributed by atoms with van der Waals surface area (Å²) >= 11 is 4.14. The van der Waals surface area contributed by atoms with Crippen molar-refractivity contribution in [3.8, 4) is 0 Å². The second-order valence-corrected chi connectivity index (χ2v) is 4.81. The molecule has 1 aromatic rings. The van der Waals surface area contributed by atoms with Gasteiger partial charge in [0.1, 0.15) is 0 Å². The third kappa shape index (κ3) is 2.08. The fourth-order valence-corrected chi connectivity index (χ4v) is 3.22. The van der Waals surface area contributed by atoms with Gasteiger partial charge in [0.2, 0.25) is 0 Å². The van der Waals surface area contributed by atoms with Gasteiger partial charge in [-0.1, -0.05) is 12.2 Å². The molecule has 0 fully saturated rings. The number of rotatable bonds is 3. The molecule has 66 valence electrons. The van der Waals surface area contributed by atoms with Crippen molar-refractivity contribution < 1.29 is 0 Å². The highest BCUT2D eigenvalue weighted by molar-refractivity contribution is 14.1. The summed E-state index contributed by atoms with van der Waals surface area (Å²) < 4.78 is 1.32. The highest BCUT2D eigenvalue weighted by Gasteiger charge is 2.13. The van der Waals surface area contributed by atoms with Crippen LogP contribution in [-0.4, -0.2) is 7.05 Å². The Bertz CT molecular complexity index is 280. The van der Waals surface area contributed by atoms with Crippen molar-refractivity contribution in [2.75, 3.05) is 7.05 Å². The van der Waals surface area contributed by atoms with Crippen molar-refractivity contribution in [2.45, 2.75) is 13.0 Å². The van der Waals surface area contributed by atoms with Crippen LogP contribution < -0.4 is 5.32 Å². The number of halogens is 1. The number of likely N-dealkylation sites (N-methyl/N-ethyl adjacent to an activating group) is 1. The molecule has 0 amide bonds. The third-order valence-electron chi connectivity index (χ3n) is 1.69. The van der Waals surface area contributed by atoms with Crippen molar-refractivity contribution in [3.05, 3.63) is 32.0 Å². The van der Waals surface area contributed by atoms with Gasteiger partial charge in [-0.05, 0) is 48.0 Å². The predicted molar refractivity (Wildman–Crippen MR) is 63.7 cm³/mol. The average molecular weight is 293 g/mol. The normalized spacial score (nSPS) is 12.9. The van der Waals surface area contributed by atoms with Crippen LogP contribution >= 0.6 is 33.9 Å². The molecule has 0 bridgehead atoms. The fraction of sp³-hybridized carbons (Fsp3) is 0.333. The first kappa shape index (κ1) is 10.2. The van der Waals surface area contributed by atoms with E-state index in [1.807, 2.05) is 7.05 Å². The van der Waals surface area contributed by atoms with Gasteiger partial charge in [-0.2, -0.15) is 0 Å². The molecule has 0 aliphatic carbocycles. The molecule has 3 heteroatoms. The van der Waals surface area contributed by atoms with Gasteiger partial charge >= 0.3 is 0 Å². The van der Waals surface area contributed by atoms with Gasteiger partial charge in [-0.25, -0.2) is 0 Å². The maximum Gasteiger partial charge on any atom is 0.0633 e. The number of hydrogen-bond donors (Lipinski definition) is 1. The Balaban J connectivity index is 2.94. The minimum Gasteiger partial charge on any atom is -0.309 e. The lowest BCUT2D eigenvalue weighted by atomic mass is 10.1. The second-order valence-electron chi connectivity index (χ2n) is 2.70. The highest BCUT2D eigenvalue weighted by Crippen LogP contribution is 2.29. The molecular formula is C9H12INS. The molecule has 0 aliphatic rings. The first-order valence-corrected chi connectivity index (χ1v) is 5.68. The number of thiophene rings is 1. The van der Waals surface area contributed by atoms with E-state index >= 15 is 0 Å². The molecule has 0 saturated carbocycles. The zero-order valence-electron chi connectivity index (χ0n) is 7.23. The molecule has 1 N–H and O–H groups in total. The van der Waals surface area contributed by atoms with E-state index in [4.69, 9.17) is 0 Å². The molecule has 1 heterocycles. The average Bonchev–Trinajstić information content (AvgIpc) is 2.38. The zero-order chi connectivity index (χ0) is 9.14. The van der Waals surface area contributed by atoms with Crippen LogP contribution in [0.1, 0.15) is 17.8 Å². The molecule has 12 heavy (non-hydrogen) atoms. The summed E-state index contributed by atoms with van der Waals surface area (Å²) in [6, 6.07) is 2.45. The van der Waals surface area contributed by atoms with Gasteiger partial charge in [0.05, 0.1) is 6.04 Å². The summed E-state index contributed by atoms with van der Waals surface area (Å²) in [5.74, 6) is 0. The molecule has 0 spiro atoms. The second kappa shape index (κ2) is 4.39. The van der Waals surface area contributed by atoms with Crippen molar-refractivity contribution >= 4 is 33.9 Å². The van der Waals surface area contributed by atoms with E-state index in [9.17, 15) is 0 Å². The molecule has 0 aliphatic heterocycles. The molecule has 1 unspecified atom stereocenters. The molecule has 1 nitrogen and oxygen atoms in total. The van der Waals surface area contributed by atoms with Crippen molar-refractivity contribution in [2.24, 2.45) is 0 Å². The molecule has 1 rings (SSSR count). The van der Waals surface area contributed by atoms with Crippen LogP contribution in [0, 0.1) is 3.57 Å². The predicted octanol–water partition coefficient (Wildman–Crippen LogP) is 3.19. The Labute approximate surface area is 91.0 Å². The van der Waals surface area contributed by atoms with Gasteiger partial charge in [0, 0.05) is 8.45 Å². The van der Waals surface area contributed by atoms with Crippen LogP contribution in [0.25, 0.3) is 0 Å². The SMILES string of the molecule is C=C(C)C(NC)c1sccc1I. The maximum atomic E-state index is 3.96. The summed E-state index contributed by atoms with van der Waals surface area (Å²) in [4.78, 5) is 1.37. The van der Waals surface area contributed by atoms with Crippen LogP contribution in [0.4, 0.5) is 0 Å². The van der Waals surface area contributed by atoms with Crippen molar-refractivity contribution in [1.82, 2.24) is 5.32 Å². The van der Waals surface area contributed by atoms with Gasteiger partial charge in [0.15, 0.2) is 0 Å². The zero-order valence-corrected chi connectivity index (χ0v) is 10.2. The lowest BCUT2D eigenvalue weighted by Crippen LogP contribution is -2.16. The highest BCUT2D eigenvalue weighted by atomic mass is 127. The quantitative estimate of drug-likeness (QED) is 0.666. The van der Waals surface area contributed by atoms with Crippen LogP contribution in [0.2, 0.25) is 0 Å². The van der Waals surface area contributed by atoms with E-state index in [0.717, 1.165) is 5.57 Å². The Morgan fingerprint density at radius 2 is 2.42 bits per heavy atom. The van der Waals surface area contributed by atoms with Gasteiger partial charge in [-0.3, -0.25) is 0 Å².